The van der Waals surface area contributed by atoms with Crippen LogP contribution in [0.15, 0.2) is 0 Å². The highest BCUT2D eigenvalue weighted by atomic mass is 16.4. The van der Waals surface area contributed by atoms with Gasteiger partial charge in [0.1, 0.15) is 0 Å². The summed E-state index contributed by atoms with van der Waals surface area (Å²) >= 11 is 0. The lowest BCUT2D eigenvalue weighted by molar-refractivity contribution is -0.140. The third kappa shape index (κ3) is 5.58. The Kier molecular flexibility index (Phi) is 5.53. The van der Waals surface area contributed by atoms with E-state index >= 15 is 0 Å². The van der Waals surface area contributed by atoms with Crippen LogP contribution in [-0.2, 0) is 4.79 Å². The first-order valence-corrected chi connectivity index (χ1v) is 4.54. The number of nitrogen functional groups attached to an aromatic ring is 2. The summed E-state index contributed by atoms with van der Waals surface area (Å²) in [6, 6.07) is 0. The summed E-state index contributed by atoms with van der Waals surface area (Å²) in [5.41, 5.74) is 10.5. The summed E-state index contributed by atoms with van der Waals surface area (Å²) in [4.78, 5) is 20.7. The first-order chi connectivity index (χ1) is 7.36. The Morgan fingerprint density at radius 2 is 1.62 bits per heavy atom. The topological polar surface area (TPSA) is 140 Å². The molecule has 6 N–H and O–H groups in total. The SMILES string of the molecule is CC(C)C(=O)O.CNc1nc(N)nc(N)n1. The van der Waals surface area contributed by atoms with E-state index in [1.54, 1.807) is 20.9 Å². The first-order valence-electron chi connectivity index (χ1n) is 4.54. The van der Waals surface area contributed by atoms with Gasteiger partial charge >= 0.3 is 5.97 Å². The molecule has 1 aromatic rings. The monoisotopic (exact) mass is 228 g/mol. The lowest BCUT2D eigenvalue weighted by atomic mass is 10.2. The smallest absolute Gasteiger partial charge is 0.305 e. The molecule has 0 aromatic carbocycles. The van der Waals surface area contributed by atoms with Crippen molar-refractivity contribution >= 4 is 23.8 Å². The maximum Gasteiger partial charge on any atom is 0.305 e. The van der Waals surface area contributed by atoms with Gasteiger partial charge in [-0.25, -0.2) is 0 Å². The first kappa shape index (κ1) is 13.9. The zero-order chi connectivity index (χ0) is 12.7. The van der Waals surface area contributed by atoms with E-state index in [1.807, 2.05) is 0 Å². The maximum absolute atomic E-state index is 9.70. The Hall–Kier alpha value is -2.12. The molecule has 0 radical (unpaired) electrons. The number of rotatable bonds is 2. The van der Waals surface area contributed by atoms with Crippen LogP contribution < -0.4 is 16.8 Å². The molecule has 8 nitrogen and oxygen atoms in total. The molecule has 90 valence electrons. The van der Waals surface area contributed by atoms with Crippen LogP contribution in [0.5, 0.6) is 0 Å². The quantitative estimate of drug-likeness (QED) is 0.545. The molecule has 0 aliphatic rings. The van der Waals surface area contributed by atoms with Gasteiger partial charge in [-0.05, 0) is 0 Å². The van der Waals surface area contributed by atoms with Crippen LogP contribution in [0.2, 0.25) is 0 Å². The van der Waals surface area contributed by atoms with Crippen molar-refractivity contribution in [2.24, 2.45) is 5.92 Å². The number of aromatic nitrogens is 3. The fraction of sp³-hybridized carbons (Fsp3) is 0.500. The Balaban J connectivity index is 0.000000325. The predicted octanol–water partition coefficient (Wildman–Crippen LogP) is -0.195. The number of nitrogens with zero attached hydrogens (tertiary/aromatic N) is 3. The van der Waals surface area contributed by atoms with Crippen molar-refractivity contribution in [2.45, 2.75) is 13.8 Å². The van der Waals surface area contributed by atoms with Crippen LogP contribution in [0.1, 0.15) is 13.8 Å². The van der Waals surface area contributed by atoms with Gasteiger partial charge in [0, 0.05) is 7.05 Å². The Morgan fingerprint density at radius 3 is 1.88 bits per heavy atom. The second kappa shape index (κ2) is 6.38. The highest BCUT2D eigenvalue weighted by Crippen LogP contribution is 2.00. The molecule has 0 saturated carbocycles. The Labute approximate surface area is 93.1 Å². The van der Waals surface area contributed by atoms with E-state index in [0.29, 0.717) is 5.95 Å². The third-order valence-corrected chi connectivity index (χ3v) is 1.39. The van der Waals surface area contributed by atoms with Crippen molar-refractivity contribution in [2.75, 3.05) is 23.8 Å². The van der Waals surface area contributed by atoms with Crippen LogP contribution in [0, 0.1) is 5.92 Å². The van der Waals surface area contributed by atoms with Gasteiger partial charge in [-0.15, -0.1) is 0 Å². The van der Waals surface area contributed by atoms with Gasteiger partial charge in [0.05, 0.1) is 5.92 Å². The minimum absolute atomic E-state index is 0.122. The van der Waals surface area contributed by atoms with E-state index < -0.39 is 5.97 Å². The van der Waals surface area contributed by atoms with Gasteiger partial charge in [0.15, 0.2) is 0 Å². The lowest BCUT2D eigenvalue weighted by Gasteiger charge is -1.98. The average molecular weight is 228 g/mol. The van der Waals surface area contributed by atoms with Crippen molar-refractivity contribution in [3.8, 4) is 0 Å². The van der Waals surface area contributed by atoms with Crippen LogP contribution >= 0.6 is 0 Å². The Morgan fingerprint density at radius 1 is 1.25 bits per heavy atom. The minimum Gasteiger partial charge on any atom is -0.481 e. The predicted molar refractivity (Wildman–Crippen MR) is 60.7 cm³/mol. The Bertz CT molecular complexity index is 334. The van der Waals surface area contributed by atoms with Gasteiger partial charge in [-0.2, -0.15) is 15.0 Å². The zero-order valence-electron chi connectivity index (χ0n) is 9.43. The number of hydrogen-bond donors (Lipinski definition) is 4. The molecule has 0 aliphatic heterocycles. The standard InChI is InChI=1S/C4H8N6.C4H8O2/c1-7-4-9-2(5)8-3(6)10-4;1-3(2)4(5)6/h1H3,(H5,5,6,7,8,9,10);3H,1-2H3,(H,5,6). The second-order valence-electron chi connectivity index (χ2n) is 3.12. The van der Waals surface area contributed by atoms with Gasteiger partial charge in [0.25, 0.3) is 0 Å². The number of carboxylic acids is 1. The van der Waals surface area contributed by atoms with Crippen molar-refractivity contribution < 1.29 is 9.90 Å². The minimum atomic E-state index is -0.741. The molecule has 0 amide bonds. The van der Waals surface area contributed by atoms with E-state index in [2.05, 4.69) is 20.3 Å². The number of carboxylic acid groups (broad SMARTS) is 1. The second-order valence-corrected chi connectivity index (χ2v) is 3.12. The molecule has 8 heteroatoms. The van der Waals surface area contributed by atoms with E-state index in [9.17, 15) is 4.79 Å². The van der Waals surface area contributed by atoms with Gasteiger partial charge in [-0.3, -0.25) is 4.79 Å². The summed E-state index contributed by atoms with van der Waals surface area (Å²) in [7, 11) is 1.67. The number of nitrogens with two attached hydrogens (primary N) is 2. The summed E-state index contributed by atoms with van der Waals surface area (Å²) in [5.74, 6) is -0.348. The van der Waals surface area contributed by atoms with Gasteiger partial charge in [-0.1, -0.05) is 13.8 Å². The fourth-order valence-electron chi connectivity index (χ4n) is 0.521. The highest BCUT2D eigenvalue weighted by Gasteiger charge is 1.99. The third-order valence-electron chi connectivity index (χ3n) is 1.39. The molecule has 1 aromatic heterocycles. The molecular weight excluding hydrogens is 212 g/mol. The molecule has 1 heterocycles. The van der Waals surface area contributed by atoms with E-state index in [1.165, 1.54) is 0 Å². The van der Waals surface area contributed by atoms with Crippen molar-refractivity contribution in [3.05, 3.63) is 0 Å². The van der Waals surface area contributed by atoms with Crippen molar-refractivity contribution in [1.29, 1.82) is 0 Å². The van der Waals surface area contributed by atoms with E-state index in [4.69, 9.17) is 16.6 Å². The van der Waals surface area contributed by atoms with Crippen LogP contribution in [0.25, 0.3) is 0 Å². The fourth-order valence-corrected chi connectivity index (χ4v) is 0.521. The summed E-state index contributed by atoms with van der Waals surface area (Å²) < 4.78 is 0. The van der Waals surface area contributed by atoms with Crippen LogP contribution in [0.4, 0.5) is 17.8 Å². The van der Waals surface area contributed by atoms with Crippen molar-refractivity contribution in [3.63, 3.8) is 0 Å². The lowest BCUT2D eigenvalue weighted by Crippen LogP contribution is -2.06. The summed E-state index contributed by atoms with van der Waals surface area (Å²) in [6.45, 7) is 3.28. The molecule has 0 atom stereocenters. The van der Waals surface area contributed by atoms with Crippen molar-refractivity contribution in [1.82, 2.24) is 15.0 Å². The molecule has 0 fully saturated rings. The van der Waals surface area contributed by atoms with Gasteiger partial charge in [0.2, 0.25) is 17.8 Å². The number of hydrogen-bond acceptors (Lipinski definition) is 7. The highest BCUT2D eigenvalue weighted by molar-refractivity contribution is 5.68. The summed E-state index contributed by atoms with van der Waals surface area (Å²) in [5, 5.41) is 10.7. The molecule has 0 unspecified atom stereocenters. The molecule has 16 heavy (non-hydrogen) atoms. The van der Waals surface area contributed by atoms with E-state index in [0.717, 1.165) is 0 Å². The summed E-state index contributed by atoms with van der Waals surface area (Å²) in [6.07, 6.45) is 0. The van der Waals surface area contributed by atoms with E-state index in [-0.39, 0.29) is 17.8 Å². The normalized spacial score (nSPS) is 9.25. The molecule has 0 spiro atoms. The molecule has 0 aliphatic carbocycles. The number of anilines is 3. The van der Waals surface area contributed by atoms with Crippen LogP contribution in [-0.4, -0.2) is 33.1 Å². The molecule has 0 saturated heterocycles. The molecule has 0 bridgehead atoms. The maximum atomic E-state index is 9.70. The van der Waals surface area contributed by atoms with Gasteiger partial charge < -0.3 is 21.9 Å². The van der Waals surface area contributed by atoms with Crippen LogP contribution in [0.3, 0.4) is 0 Å². The zero-order valence-corrected chi connectivity index (χ0v) is 9.43. The largest absolute Gasteiger partial charge is 0.481 e. The number of nitrogens with one attached hydrogen (secondary N) is 1. The average Bonchev–Trinajstić information content (AvgIpc) is 2.16. The number of aliphatic carboxylic acids is 1. The number of carbonyl (C=O) groups is 1. The molecular formula is C8H16N6O2. The molecule has 1 rings (SSSR count).